The highest BCUT2D eigenvalue weighted by Crippen LogP contribution is 2.20. The maximum absolute atomic E-state index is 12.3. The Bertz CT molecular complexity index is 1250. The Morgan fingerprint density at radius 2 is 0.857 bits per heavy atom. The summed E-state index contributed by atoms with van der Waals surface area (Å²) in [5, 5.41) is 0. The Morgan fingerprint density at radius 3 is 1.19 bits per heavy atom. The average Bonchev–Trinajstić information content (AvgIpc) is 3.01. The molecule has 0 bridgehead atoms. The predicted molar refractivity (Wildman–Crippen MR) is 151 cm³/mol. The lowest BCUT2D eigenvalue weighted by atomic mass is 10.1. The normalized spacial score (nSPS) is 10.1. The molecule has 218 valence electrons. The van der Waals surface area contributed by atoms with Crippen molar-refractivity contribution in [3.63, 3.8) is 0 Å². The van der Waals surface area contributed by atoms with Gasteiger partial charge in [0.25, 0.3) is 0 Å². The molecule has 0 aliphatic carbocycles. The number of ether oxygens (including phenoxy) is 6. The quantitative estimate of drug-likeness (QED) is 0.101. The Kier molecular flexibility index (Phi) is 12.4. The molecule has 0 saturated carbocycles. The van der Waals surface area contributed by atoms with Crippen LogP contribution in [-0.2, 0) is 41.5 Å². The third-order valence-electron chi connectivity index (χ3n) is 5.56. The molecule has 0 aromatic heterocycles. The van der Waals surface area contributed by atoms with Crippen LogP contribution in [0.5, 0.6) is 23.0 Å². The summed E-state index contributed by atoms with van der Waals surface area (Å²) in [4.78, 5) is 46.6. The molecular formula is C32H30O10. The fourth-order valence-electron chi connectivity index (χ4n) is 3.37. The van der Waals surface area contributed by atoms with Crippen molar-refractivity contribution in [2.75, 3.05) is 13.6 Å². The van der Waals surface area contributed by atoms with Crippen molar-refractivity contribution in [3.8, 4) is 23.0 Å². The minimum absolute atomic E-state index is 0.157. The van der Waals surface area contributed by atoms with Gasteiger partial charge in [-0.05, 0) is 72.5 Å². The first kappa shape index (κ1) is 31.2. The Hall–Kier alpha value is -5.38. The number of rotatable bonds is 16. The van der Waals surface area contributed by atoms with E-state index in [4.69, 9.17) is 28.4 Å². The van der Waals surface area contributed by atoms with Gasteiger partial charge in [0, 0.05) is 25.0 Å². The molecule has 42 heavy (non-hydrogen) atoms. The van der Waals surface area contributed by atoms with Crippen LogP contribution in [0.4, 0.5) is 0 Å². The predicted octanol–water partition coefficient (Wildman–Crippen LogP) is 4.89. The molecule has 10 heteroatoms. The van der Waals surface area contributed by atoms with Gasteiger partial charge in [0.15, 0.2) is 0 Å². The van der Waals surface area contributed by atoms with Crippen molar-refractivity contribution in [2.45, 2.75) is 25.7 Å². The SMILES string of the molecule is C=CC(=O)OCOc1ccc(CCC(=O)Oc2ccc(OC(=O)CCc3ccc(OCOC(=O)C=C)cc3)cc2)cc1. The van der Waals surface area contributed by atoms with Crippen molar-refractivity contribution in [3.05, 3.63) is 109 Å². The topological polar surface area (TPSA) is 124 Å². The van der Waals surface area contributed by atoms with Crippen molar-refractivity contribution >= 4 is 23.9 Å². The van der Waals surface area contributed by atoms with E-state index in [1.54, 1.807) is 72.8 Å². The molecule has 0 amide bonds. The highest BCUT2D eigenvalue weighted by atomic mass is 16.7. The maximum Gasteiger partial charge on any atom is 0.333 e. The van der Waals surface area contributed by atoms with Crippen LogP contribution in [-0.4, -0.2) is 37.5 Å². The smallest absolute Gasteiger partial charge is 0.333 e. The van der Waals surface area contributed by atoms with Gasteiger partial charge < -0.3 is 28.4 Å². The zero-order chi connectivity index (χ0) is 30.2. The fraction of sp³-hybridized carbons (Fsp3) is 0.188. The molecule has 0 fully saturated rings. The zero-order valence-electron chi connectivity index (χ0n) is 22.8. The van der Waals surface area contributed by atoms with Gasteiger partial charge in [-0.25, -0.2) is 9.59 Å². The molecule has 10 nitrogen and oxygen atoms in total. The van der Waals surface area contributed by atoms with E-state index < -0.39 is 23.9 Å². The van der Waals surface area contributed by atoms with Crippen LogP contribution in [0.2, 0.25) is 0 Å². The molecule has 3 aromatic carbocycles. The Balaban J connectivity index is 1.34. The van der Waals surface area contributed by atoms with Crippen LogP contribution in [0.15, 0.2) is 98.1 Å². The summed E-state index contributed by atoms with van der Waals surface area (Å²) >= 11 is 0. The van der Waals surface area contributed by atoms with Gasteiger partial charge >= 0.3 is 23.9 Å². The van der Waals surface area contributed by atoms with Crippen molar-refractivity contribution in [2.24, 2.45) is 0 Å². The van der Waals surface area contributed by atoms with E-state index in [1.807, 2.05) is 0 Å². The number of carbonyl (C=O) groups excluding carboxylic acids is 4. The largest absolute Gasteiger partial charge is 0.457 e. The molecule has 3 aromatic rings. The third-order valence-corrected chi connectivity index (χ3v) is 5.56. The third kappa shape index (κ3) is 11.4. The summed E-state index contributed by atoms with van der Waals surface area (Å²) in [6.45, 7) is 6.16. The van der Waals surface area contributed by atoms with E-state index in [1.165, 1.54) is 0 Å². The average molecular weight is 575 g/mol. The van der Waals surface area contributed by atoms with E-state index in [9.17, 15) is 19.2 Å². The molecule has 0 atom stereocenters. The van der Waals surface area contributed by atoms with E-state index in [0.29, 0.717) is 35.8 Å². The summed E-state index contributed by atoms with van der Waals surface area (Å²) < 4.78 is 30.8. The lowest BCUT2D eigenvalue weighted by Gasteiger charge is -2.08. The van der Waals surface area contributed by atoms with Gasteiger partial charge in [0.05, 0.1) is 0 Å². The van der Waals surface area contributed by atoms with Crippen LogP contribution in [0.25, 0.3) is 0 Å². The lowest BCUT2D eigenvalue weighted by molar-refractivity contribution is -0.145. The molecule has 0 saturated heterocycles. The van der Waals surface area contributed by atoms with Gasteiger partial charge in [0.2, 0.25) is 13.6 Å². The second kappa shape index (κ2) is 16.7. The Morgan fingerprint density at radius 1 is 0.524 bits per heavy atom. The highest BCUT2D eigenvalue weighted by molar-refractivity contribution is 5.81. The molecule has 0 spiro atoms. The van der Waals surface area contributed by atoms with Crippen molar-refractivity contribution in [1.82, 2.24) is 0 Å². The molecule has 0 N–H and O–H groups in total. The van der Waals surface area contributed by atoms with Gasteiger partial charge in [-0.3, -0.25) is 9.59 Å². The number of aryl methyl sites for hydroxylation is 2. The number of hydrogen-bond acceptors (Lipinski definition) is 10. The van der Waals surface area contributed by atoms with E-state index in [0.717, 1.165) is 23.3 Å². The van der Waals surface area contributed by atoms with Crippen LogP contribution < -0.4 is 18.9 Å². The molecule has 0 aliphatic heterocycles. The second-order valence-corrected chi connectivity index (χ2v) is 8.57. The maximum atomic E-state index is 12.3. The van der Waals surface area contributed by atoms with Crippen LogP contribution >= 0.6 is 0 Å². The first-order valence-electron chi connectivity index (χ1n) is 12.9. The summed E-state index contributed by atoms with van der Waals surface area (Å²) in [5.41, 5.74) is 1.81. The number of hydrogen-bond donors (Lipinski definition) is 0. The first-order valence-corrected chi connectivity index (χ1v) is 12.9. The number of esters is 4. The molecule has 0 aliphatic rings. The first-order chi connectivity index (χ1) is 20.3. The van der Waals surface area contributed by atoms with E-state index >= 15 is 0 Å². The lowest BCUT2D eigenvalue weighted by Crippen LogP contribution is -2.10. The standard InChI is InChI=1S/C32H30O10/c1-3-29(33)39-21-37-25-11-5-23(6-12-25)9-19-31(35)41-27-15-17-28(18-16-27)42-32(36)20-10-24-7-13-26(14-8-24)38-22-40-30(34)4-2/h3-8,11-18H,1-2,9-10,19-22H2. The highest BCUT2D eigenvalue weighted by Gasteiger charge is 2.09. The minimum atomic E-state index is -0.573. The van der Waals surface area contributed by atoms with Crippen LogP contribution in [0.3, 0.4) is 0 Å². The summed E-state index contributed by atoms with van der Waals surface area (Å²) in [6, 6.07) is 20.3. The molecule has 3 rings (SSSR count). The Labute approximate surface area is 243 Å². The van der Waals surface area contributed by atoms with Crippen LogP contribution in [0.1, 0.15) is 24.0 Å². The molecule has 0 unspecified atom stereocenters. The fourth-order valence-corrected chi connectivity index (χ4v) is 3.37. The zero-order valence-corrected chi connectivity index (χ0v) is 22.8. The summed E-state index contributed by atoms with van der Waals surface area (Å²) in [7, 11) is 0. The van der Waals surface area contributed by atoms with Crippen molar-refractivity contribution < 1.29 is 47.6 Å². The summed E-state index contributed by atoms with van der Waals surface area (Å²) in [6.07, 6.45) is 3.33. The van der Waals surface area contributed by atoms with Crippen LogP contribution in [0, 0.1) is 0 Å². The molecule has 0 heterocycles. The number of carbonyl (C=O) groups is 4. The van der Waals surface area contributed by atoms with Crippen molar-refractivity contribution in [1.29, 1.82) is 0 Å². The van der Waals surface area contributed by atoms with Gasteiger partial charge in [-0.1, -0.05) is 37.4 Å². The monoisotopic (exact) mass is 574 g/mol. The van der Waals surface area contributed by atoms with E-state index in [-0.39, 0.29) is 26.4 Å². The van der Waals surface area contributed by atoms with Gasteiger partial charge in [0.1, 0.15) is 23.0 Å². The number of benzene rings is 3. The minimum Gasteiger partial charge on any atom is -0.457 e. The molecule has 0 radical (unpaired) electrons. The second-order valence-electron chi connectivity index (χ2n) is 8.57. The van der Waals surface area contributed by atoms with E-state index in [2.05, 4.69) is 13.2 Å². The summed E-state index contributed by atoms with van der Waals surface area (Å²) in [5.74, 6) is -0.267. The van der Waals surface area contributed by atoms with Gasteiger partial charge in [-0.15, -0.1) is 0 Å². The molecular weight excluding hydrogens is 544 g/mol. The van der Waals surface area contributed by atoms with Gasteiger partial charge in [-0.2, -0.15) is 0 Å².